The lowest BCUT2D eigenvalue weighted by atomic mass is 10.0. The van der Waals surface area contributed by atoms with Crippen molar-refractivity contribution in [1.29, 1.82) is 0 Å². The topological polar surface area (TPSA) is 29.1 Å². The first-order chi connectivity index (χ1) is 9.74. The van der Waals surface area contributed by atoms with E-state index in [0.29, 0.717) is 6.42 Å². The van der Waals surface area contributed by atoms with E-state index < -0.39 is 0 Å². The molecule has 0 bridgehead atoms. The van der Waals surface area contributed by atoms with Gasteiger partial charge in [-0.15, -0.1) is 6.42 Å². The van der Waals surface area contributed by atoms with Gasteiger partial charge in [-0.05, 0) is 22.8 Å². The minimum absolute atomic E-state index is 0.0160. The number of hydrogen-bond acceptors (Lipinski definition) is 1. The van der Waals surface area contributed by atoms with Crippen LogP contribution in [0.15, 0.2) is 42.5 Å². The zero-order valence-corrected chi connectivity index (χ0v) is 11.7. The van der Waals surface area contributed by atoms with Crippen molar-refractivity contribution in [3.8, 4) is 12.3 Å². The minimum Gasteiger partial charge on any atom is -0.342 e. The van der Waals surface area contributed by atoms with Gasteiger partial charge >= 0.3 is 0 Å². The van der Waals surface area contributed by atoms with Crippen LogP contribution in [0.2, 0.25) is 0 Å². The molecule has 1 atom stereocenters. The van der Waals surface area contributed by atoms with Crippen LogP contribution in [0.25, 0.3) is 10.8 Å². The Hall–Kier alpha value is -2.27. The highest BCUT2D eigenvalue weighted by Crippen LogP contribution is 2.18. The summed E-state index contributed by atoms with van der Waals surface area (Å²) in [5.74, 6) is 2.61. The number of carbonyl (C=O) groups is 1. The standard InChI is InChI=1S/C18H19NO/c1-3-8-16(4-2)19-18(20)13-15-11-7-10-14-9-5-6-12-17(14)15/h2,5-7,9-12,16H,3,8,13H2,1H3,(H,19,20). The van der Waals surface area contributed by atoms with Gasteiger partial charge in [-0.1, -0.05) is 61.7 Å². The average Bonchev–Trinajstić information content (AvgIpc) is 2.47. The molecule has 0 aliphatic carbocycles. The van der Waals surface area contributed by atoms with Gasteiger partial charge in [0.25, 0.3) is 0 Å². The summed E-state index contributed by atoms with van der Waals surface area (Å²) in [6.45, 7) is 2.06. The Morgan fingerprint density at radius 3 is 2.75 bits per heavy atom. The Morgan fingerprint density at radius 1 is 1.25 bits per heavy atom. The number of hydrogen-bond donors (Lipinski definition) is 1. The van der Waals surface area contributed by atoms with Crippen molar-refractivity contribution in [3.05, 3.63) is 48.0 Å². The molecule has 2 aromatic rings. The lowest BCUT2D eigenvalue weighted by Crippen LogP contribution is -2.34. The van der Waals surface area contributed by atoms with Crippen molar-refractivity contribution < 1.29 is 4.79 Å². The van der Waals surface area contributed by atoms with Crippen molar-refractivity contribution >= 4 is 16.7 Å². The fraction of sp³-hybridized carbons (Fsp3) is 0.278. The molecule has 2 aromatic carbocycles. The quantitative estimate of drug-likeness (QED) is 0.826. The van der Waals surface area contributed by atoms with Crippen LogP contribution in [0.3, 0.4) is 0 Å². The molecule has 1 N–H and O–H groups in total. The van der Waals surface area contributed by atoms with E-state index in [9.17, 15) is 4.79 Å². The van der Waals surface area contributed by atoms with Crippen LogP contribution in [0.1, 0.15) is 25.3 Å². The number of carbonyl (C=O) groups excluding carboxylic acids is 1. The van der Waals surface area contributed by atoms with E-state index in [4.69, 9.17) is 6.42 Å². The van der Waals surface area contributed by atoms with Crippen molar-refractivity contribution in [2.75, 3.05) is 0 Å². The third kappa shape index (κ3) is 3.39. The highest BCUT2D eigenvalue weighted by molar-refractivity contribution is 5.90. The fourth-order valence-electron chi connectivity index (χ4n) is 2.35. The van der Waals surface area contributed by atoms with Crippen LogP contribution < -0.4 is 5.32 Å². The van der Waals surface area contributed by atoms with Crippen LogP contribution in [0.5, 0.6) is 0 Å². The van der Waals surface area contributed by atoms with Crippen LogP contribution >= 0.6 is 0 Å². The summed E-state index contributed by atoms with van der Waals surface area (Å²) in [6.07, 6.45) is 7.57. The monoisotopic (exact) mass is 265 g/mol. The smallest absolute Gasteiger partial charge is 0.225 e. The summed E-state index contributed by atoms with van der Waals surface area (Å²) in [4.78, 5) is 12.1. The Kier molecular flexibility index (Phi) is 4.79. The van der Waals surface area contributed by atoms with E-state index in [1.54, 1.807) is 0 Å². The molecule has 2 nitrogen and oxygen atoms in total. The molecule has 0 saturated heterocycles. The first-order valence-electron chi connectivity index (χ1n) is 6.96. The molecule has 20 heavy (non-hydrogen) atoms. The van der Waals surface area contributed by atoms with E-state index in [-0.39, 0.29) is 11.9 Å². The van der Waals surface area contributed by atoms with Gasteiger partial charge in [0.15, 0.2) is 0 Å². The third-order valence-electron chi connectivity index (χ3n) is 3.34. The van der Waals surface area contributed by atoms with Gasteiger partial charge in [0.1, 0.15) is 0 Å². The molecule has 2 heteroatoms. The molecule has 0 aliphatic heterocycles. The molecule has 0 fully saturated rings. The number of nitrogens with one attached hydrogen (secondary N) is 1. The summed E-state index contributed by atoms with van der Waals surface area (Å²) >= 11 is 0. The molecular weight excluding hydrogens is 246 g/mol. The highest BCUT2D eigenvalue weighted by atomic mass is 16.1. The normalized spacial score (nSPS) is 11.8. The first kappa shape index (κ1) is 14.1. The van der Waals surface area contributed by atoms with Gasteiger partial charge in [-0.25, -0.2) is 0 Å². The van der Waals surface area contributed by atoms with E-state index in [1.165, 1.54) is 0 Å². The number of fused-ring (bicyclic) bond motifs is 1. The Balaban J connectivity index is 2.12. The molecule has 0 aromatic heterocycles. The predicted octanol–water partition coefficient (Wildman–Crippen LogP) is 3.30. The molecule has 1 unspecified atom stereocenters. The van der Waals surface area contributed by atoms with Gasteiger partial charge in [0.2, 0.25) is 5.91 Å². The fourth-order valence-corrected chi connectivity index (χ4v) is 2.35. The minimum atomic E-state index is -0.164. The molecule has 1 amide bonds. The van der Waals surface area contributed by atoms with E-state index in [2.05, 4.69) is 30.3 Å². The Morgan fingerprint density at radius 2 is 2.00 bits per heavy atom. The summed E-state index contributed by atoms with van der Waals surface area (Å²) in [6, 6.07) is 14.0. The molecule has 0 spiro atoms. The largest absolute Gasteiger partial charge is 0.342 e. The third-order valence-corrected chi connectivity index (χ3v) is 3.34. The van der Waals surface area contributed by atoms with Gasteiger partial charge in [-0.3, -0.25) is 4.79 Å². The van der Waals surface area contributed by atoms with Gasteiger partial charge in [0, 0.05) is 0 Å². The van der Waals surface area contributed by atoms with Crippen LogP contribution in [-0.4, -0.2) is 11.9 Å². The maximum Gasteiger partial charge on any atom is 0.225 e. The maximum atomic E-state index is 12.1. The molecule has 102 valence electrons. The zero-order valence-electron chi connectivity index (χ0n) is 11.7. The second kappa shape index (κ2) is 6.77. The summed E-state index contributed by atoms with van der Waals surface area (Å²) in [5, 5.41) is 5.18. The number of amides is 1. The molecule has 0 aliphatic rings. The predicted molar refractivity (Wildman–Crippen MR) is 83.3 cm³/mol. The van der Waals surface area contributed by atoms with Gasteiger partial charge in [-0.2, -0.15) is 0 Å². The molecule has 0 heterocycles. The summed E-state index contributed by atoms with van der Waals surface area (Å²) < 4.78 is 0. The lowest BCUT2D eigenvalue weighted by Gasteiger charge is -2.12. The molecule has 0 radical (unpaired) electrons. The number of rotatable bonds is 5. The van der Waals surface area contributed by atoms with Gasteiger partial charge < -0.3 is 5.32 Å². The van der Waals surface area contributed by atoms with Crippen molar-refractivity contribution in [2.45, 2.75) is 32.2 Å². The van der Waals surface area contributed by atoms with E-state index in [1.807, 2.05) is 30.3 Å². The second-order valence-corrected chi connectivity index (χ2v) is 4.89. The Bertz CT molecular complexity index is 634. The second-order valence-electron chi connectivity index (χ2n) is 4.89. The number of benzene rings is 2. The molecule has 0 saturated carbocycles. The summed E-state index contributed by atoms with van der Waals surface area (Å²) in [7, 11) is 0. The Labute approximate surface area is 120 Å². The maximum absolute atomic E-state index is 12.1. The van der Waals surface area contributed by atoms with Crippen LogP contribution in [0, 0.1) is 12.3 Å². The summed E-state index contributed by atoms with van der Waals surface area (Å²) in [5.41, 5.74) is 1.04. The lowest BCUT2D eigenvalue weighted by molar-refractivity contribution is -0.120. The zero-order chi connectivity index (χ0) is 14.4. The average molecular weight is 265 g/mol. The number of terminal acetylenes is 1. The molecule has 2 rings (SSSR count). The van der Waals surface area contributed by atoms with E-state index >= 15 is 0 Å². The SMILES string of the molecule is C#CC(CCC)NC(=O)Cc1cccc2ccccc12. The highest BCUT2D eigenvalue weighted by Gasteiger charge is 2.10. The van der Waals surface area contributed by atoms with Crippen LogP contribution in [-0.2, 0) is 11.2 Å². The first-order valence-corrected chi connectivity index (χ1v) is 6.96. The van der Waals surface area contributed by atoms with Crippen LogP contribution in [0.4, 0.5) is 0 Å². The van der Waals surface area contributed by atoms with E-state index in [0.717, 1.165) is 29.2 Å². The van der Waals surface area contributed by atoms with Gasteiger partial charge in [0.05, 0.1) is 12.5 Å². The van der Waals surface area contributed by atoms with Crippen molar-refractivity contribution in [3.63, 3.8) is 0 Å². The van der Waals surface area contributed by atoms with Crippen molar-refractivity contribution in [2.24, 2.45) is 0 Å². The van der Waals surface area contributed by atoms with Crippen molar-refractivity contribution in [1.82, 2.24) is 5.32 Å². The molecular formula is C18H19NO.